The van der Waals surface area contributed by atoms with Crippen molar-refractivity contribution in [3.8, 4) is 0 Å². The Morgan fingerprint density at radius 1 is 1.47 bits per heavy atom. The lowest BCUT2D eigenvalue weighted by Gasteiger charge is -2.35. The third kappa shape index (κ3) is 3.15. The van der Waals surface area contributed by atoms with Gasteiger partial charge in [-0.2, -0.15) is 13.2 Å². The first-order valence-electron chi connectivity index (χ1n) is 6.17. The summed E-state index contributed by atoms with van der Waals surface area (Å²) in [6, 6.07) is 0. The van der Waals surface area contributed by atoms with E-state index < -0.39 is 12.3 Å². The topological polar surface area (TPSA) is 38.2 Å². The molecular weight excluding hydrogens is 259 g/mol. The molecule has 2 rings (SSSR count). The van der Waals surface area contributed by atoms with E-state index in [4.69, 9.17) is 4.74 Å². The summed E-state index contributed by atoms with van der Waals surface area (Å²) in [4.78, 5) is 9.99. The Kier molecular flexibility index (Phi) is 3.93. The van der Waals surface area contributed by atoms with Gasteiger partial charge in [0.1, 0.15) is 11.6 Å². The fraction of sp³-hybridized carbons (Fsp3) is 0.667. The fourth-order valence-corrected chi connectivity index (χ4v) is 2.05. The van der Waals surface area contributed by atoms with Crippen LogP contribution in [-0.2, 0) is 11.2 Å². The average Bonchev–Trinajstić information content (AvgIpc) is 2.38. The lowest BCUT2D eigenvalue weighted by molar-refractivity contribution is -0.221. The van der Waals surface area contributed by atoms with Gasteiger partial charge in [-0.3, -0.25) is 0 Å². The average molecular weight is 275 g/mol. The van der Waals surface area contributed by atoms with Crippen molar-refractivity contribution in [2.45, 2.75) is 32.5 Å². The maximum atomic E-state index is 12.7. The predicted molar refractivity (Wildman–Crippen MR) is 64.2 cm³/mol. The Bertz CT molecular complexity index is 450. The van der Waals surface area contributed by atoms with Gasteiger partial charge in [-0.25, -0.2) is 9.97 Å². The minimum Gasteiger partial charge on any atom is -0.365 e. The zero-order chi connectivity index (χ0) is 14.0. The Labute approximate surface area is 109 Å². The standard InChI is InChI=1S/C12H16F3N3O/c1-3-9-6-16-8(2)17-11(9)18-4-5-19-10(7-18)12(13,14)15/h6,10H,3-5,7H2,1-2H3. The van der Waals surface area contributed by atoms with Gasteiger partial charge >= 0.3 is 6.18 Å². The Morgan fingerprint density at radius 2 is 2.21 bits per heavy atom. The molecule has 0 radical (unpaired) electrons. The van der Waals surface area contributed by atoms with Crippen LogP contribution < -0.4 is 4.90 Å². The lowest BCUT2D eigenvalue weighted by Crippen LogP contribution is -2.49. The maximum Gasteiger partial charge on any atom is 0.416 e. The molecule has 1 aromatic rings. The molecule has 1 aliphatic heterocycles. The number of aromatic nitrogens is 2. The summed E-state index contributed by atoms with van der Waals surface area (Å²) >= 11 is 0. The second kappa shape index (κ2) is 5.32. The van der Waals surface area contributed by atoms with Crippen LogP contribution in [-0.4, -0.2) is 41.9 Å². The highest BCUT2D eigenvalue weighted by atomic mass is 19.4. The second-order valence-corrected chi connectivity index (χ2v) is 4.47. The van der Waals surface area contributed by atoms with Crippen LogP contribution in [0.1, 0.15) is 18.3 Å². The Balaban J connectivity index is 2.24. The molecule has 1 saturated heterocycles. The molecule has 106 valence electrons. The van der Waals surface area contributed by atoms with Crippen LogP contribution in [0, 0.1) is 6.92 Å². The number of rotatable bonds is 2. The zero-order valence-corrected chi connectivity index (χ0v) is 10.9. The monoisotopic (exact) mass is 275 g/mol. The molecule has 0 amide bonds. The highest BCUT2D eigenvalue weighted by Crippen LogP contribution is 2.28. The van der Waals surface area contributed by atoms with Gasteiger partial charge in [-0.05, 0) is 13.3 Å². The summed E-state index contributed by atoms with van der Waals surface area (Å²) in [6.45, 7) is 3.91. The van der Waals surface area contributed by atoms with E-state index in [0.717, 1.165) is 5.56 Å². The number of ether oxygens (including phenoxy) is 1. The van der Waals surface area contributed by atoms with E-state index in [9.17, 15) is 13.2 Å². The first-order chi connectivity index (χ1) is 8.91. The molecule has 0 aromatic carbocycles. The minimum absolute atomic E-state index is 0.0520. The summed E-state index contributed by atoms with van der Waals surface area (Å²) < 4.78 is 42.9. The van der Waals surface area contributed by atoms with Crippen LogP contribution in [0.4, 0.5) is 19.0 Å². The van der Waals surface area contributed by atoms with E-state index in [1.807, 2.05) is 6.92 Å². The van der Waals surface area contributed by atoms with Crippen LogP contribution in [0.2, 0.25) is 0 Å². The molecule has 1 aliphatic rings. The van der Waals surface area contributed by atoms with Gasteiger partial charge in [0, 0.05) is 18.3 Å². The van der Waals surface area contributed by atoms with Gasteiger partial charge in [0.05, 0.1) is 13.2 Å². The molecule has 19 heavy (non-hydrogen) atoms. The lowest BCUT2D eigenvalue weighted by atomic mass is 10.2. The zero-order valence-electron chi connectivity index (χ0n) is 10.9. The van der Waals surface area contributed by atoms with Gasteiger partial charge in [-0.15, -0.1) is 0 Å². The molecule has 7 heteroatoms. The van der Waals surface area contributed by atoms with E-state index in [-0.39, 0.29) is 13.2 Å². The number of hydrogen-bond donors (Lipinski definition) is 0. The molecule has 0 bridgehead atoms. The van der Waals surface area contributed by atoms with Crippen molar-refractivity contribution >= 4 is 5.82 Å². The van der Waals surface area contributed by atoms with Gasteiger partial charge in [0.25, 0.3) is 0 Å². The van der Waals surface area contributed by atoms with E-state index in [1.54, 1.807) is 18.0 Å². The third-order valence-corrected chi connectivity index (χ3v) is 3.07. The minimum atomic E-state index is -4.34. The van der Waals surface area contributed by atoms with Gasteiger partial charge in [-0.1, -0.05) is 6.92 Å². The number of morpholine rings is 1. The van der Waals surface area contributed by atoms with E-state index >= 15 is 0 Å². The maximum absolute atomic E-state index is 12.7. The smallest absolute Gasteiger partial charge is 0.365 e. The van der Waals surface area contributed by atoms with Crippen LogP contribution in [0.5, 0.6) is 0 Å². The second-order valence-electron chi connectivity index (χ2n) is 4.47. The highest BCUT2D eigenvalue weighted by molar-refractivity contribution is 5.46. The molecular formula is C12H16F3N3O. The van der Waals surface area contributed by atoms with E-state index in [1.165, 1.54) is 0 Å². The third-order valence-electron chi connectivity index (χ3n) is 3.07. The van der Waals surface area contributed by atoms with Crippen molar-refractivity contribution in [2.75, 3.05) is 24.6 Å². The molecule has 1 atom stereocenters. The van der Waals surface area contributed by atoms with Crippen LogP contribution in [0.25, 0.3) is 0 Å². The van der Waals surface area contributed by atoms with Gasteiger partial charge in [0.2, 0.25) is 0 Å². The van der Waals surface area contributed by atoms with Crippen molar-refractivity contribution in [1.29, 1.82) is 0 Å². The first-order valence-corrected chi connectivity index (χ1v) is 6.17. The van der Waals surface area contributed by atoms with Crippen LogP contribution in [0.3, 0.4) is 0 Å². The molecule has 0 N–H and O–H groups in total. The van der Waals surface area contributed by atoms with Crippen molar-refractivity contribution < 1.29 is 17.9 Å². The van der Waals surface area contributed by atoms with Crippen LogP contribution in [0.15, 0.2) is 6.20 Å². The number of hydrogen-bond acceptors (Lipinski definition) is 4. The summed E-state index contributed by atoms with van der Waals surface area (Å²) in [5.74, 6) is 1.15. The summed E-state index contributed by atoms with van der Waals surface area (Å²) in [6.07, 6.45) is -3.73. The quantitative estimate of drug-likeness (QED) is 0.828. The molecule has 1 aromatic heterocycles. The summed E-state index contributed by atoms with van der Waals surface area (Å²) in [5.41, 5.74) is 0.855. The van der Waals surface area contributed by atoms with E-state index in [2.05, 4.69) is 9.97 Å². The van der Waals surface area contributed by atoms with Crippen LogP contribution >= 0.6 is 0 Å². The SMILES string of the molecule is CCc1cnc(C)nc1N1CCOC(C(F)(F)F)C1. The Hall–Kier alpha value is -1.37. The van der Waals surface area contributed by atoms with Crippen molar-refractivity contribution in [3.05, 3.63) is 17.6 Å². The van der Waals surface area contributed by atoms with Gasteiger partial charge < -0.3 is 9.64 Å². The first kappa shape index (κ1) is 14.0. The fourth-order valence-electron chi connectivity index (χ4n) is 2.05. The summed E-state index contributed by atoms with van der Waals surface area (Å²) in [5, 5.41) is 0. The normalized spacial score (nSPS) is 20.7. The molecule has 0 spiro atoms. The number of halogens is 3. The summed E-state index contributed by atoms with van der Waals surface area (Å²) in [7, 11) is 0. The molecule has 0 saturated carbocycles. The van der Waals surface area contributed by atoms with Crippen molar-refractivity contribution in [1.82, 2.24) is 9.97 Å². The molecule has 0 aliphatic carbocycles. The predicted octanol–water partition coefficient (Wildman–Crippen LogP) is 2.11. The number of anilines is 1. The molecule has 2 heterocycles. The Morgan fingerprint density at radius 3 is 2.84 bits per heavy atom. The number of aryl methyl sites for hydroxylation is 2. The largest absolute Gasteiger partial charge is 0.416 e. The molecule has 4 nitrogen and oxygen atoms in total. The highest BCUT2D eigenvalue weighted by Gasteiger charge is 2.43. The van der Waals surface area contributed by atoms with E-state index in [0.29, 0.717) is 24.6 Å². The number of alkyl halides is 3. The van der Waals surface area contributed by atoms with Crippen molar-refractivity contribution in [2.24, 2.45) is 0 Å². The van der Waals surface area contributed by atoms with Gasteiger partial charge in [0.15, 0.2) is 6.10 Å². The molecule has 1 unspecified atom stereocenters. The number of nitrogens with zero attached hydrogens (tertiary/aromatic N) is 3. The molecule has 1 fully saturated rings. The van der Waals surface area contributed by atoms with Crippen molar-refractivity contribution in [3.63, 3.8) is 0 Å².